The van der Waals surface area contributed by atoms with Crippen LogP contribution in [0.4, 0.5) is 5.69 Å². The van der Waals surface area contributed by atoms with Crippen LogP contribution in [0.1, 0.15) is 36.0 Å². The van der Waals surface area contributed by atoms with Gasteiger partial charge in [-0.3, -0.25) is 0 Å². The van der Waals surface area contributed by atoms with E-state index in [0.29, 0.717) is 11.3 Å². The third-order valence-corrected chi connectivity index (χ3v) is 4.70. The summed E-state index contributed by atoms with van der Waals surface area (Å²) in [4.78, 5) is 12.4. The summed E-state index contributed by atoms with van der Waals surface area (Å²) >= 11 is 1.80. The van der Waals surface area contributed by atoms with Crippen molar-refractivity contribution in [1.82, 2.24) is 0 Å². The fourth-order valence-electron chi connectivity index (χ4n) is 2.31. The smallest absolute Gasteiger partial charge is 0.337 e. The van der Waals surface area contributed by atoms with E-state index in [1.54, 1.807) is 23.9 Å². The van der Waals surface area contributed by atoms with Crippen LogP contribution in [0.3, 0.4) is 0 Å². The van der Waals surface area contributed by atoms with E-state index < -0.39 is 0 Å². The molecule has 0 heterocycles. The molecule has 0 aromatic heterocycles. The van der Waals surface area contributed by atoms with Crippen molar-refractivity contribution in [2.24, 2.45) is 5.92 Å². The lowest BCUT2D eigenvalue weighted by molar-refractivity contribution is 0.0600. The number of carbonyl (C=O) groups is 1. The number of nitrogen functional groups attached to an aromatic ring is 1. The number of rotatable bonds is 4. The number of benzene rings is 1. The summed E-state index contributed by atoms with van der Waals surface area (Å²) < 4.78 is 4.67. The molecule has 0 amide bonds. The molecule has 1 aliphatic rings. The van der Waals surface area contributed by atoms with Crippen molar-refractivity contribution in [2.45, 2.75) is 30.6 Å². The summed E-state index contributed by atoms with van der Waals surface area (Å²) in [7, 11) is 1.38. The maximum Gasteiger partial charge on any atom is 0.337 e. The fourth-order valence-corrected chi connectivity index (χ4v) is 3.45. The van der Waals surface area contributed by atoms with Crippen molar-refractivity contribution in [2.75, 3.05) is 18.6 Å². The van der Waals surface area contributed by atoms with Gasteiger partial charge < -0.3 is 10.5 Å². The van der Waals surface area contributed by atoms with E-state index in [1.807, 2.05) is 6.07 Å². The lowest BCUT2D eigenvalue weighted by Crippen LogP contribution is -2.03. The van der Waals surface area contributed by atoms with Gasteiger partial charge in [0.25, 0.3) is 0 Å². The van der Waals surface area contributed by atoms with E-state index in [-0.39, 0.29) is 5.97 Å². The normalized spacial score (nSPS) is 15.8. The molecule has 0 saturated heterocycles. The van der Waals surface area contributed by atoms with Crippen molar-refractivity contribution in [3.05, 3.63) is 23.8 Å². The molecular weight excluding hydrogens is 246 g/mol. The van der Waals surface area contributed by atoms with Gasteiger partial charge in [-0.25, -0.2) is 4.79 Å². The Morgan fingerprint density at radius 1 is 1.44 bits per heavy atom. The molecule has 3 nitrogen and oxygen atoms in total. The van der Waals surface area contributed by atoms with Crippen molar-refractivity contribution in [3.63, 3.8) is 0 Å². The molecule has 4 heteroatoms. The van der Waals surface area contributed by atoms with Crippen molar-refractivity contribution < 1.29 is 9.53 Å². The molecule has 1 aromatic carbocycles. The van der Waals surface area contributed by atoms with Crippen molar-refractivity contribution in [3.8, 4) is 0 Å². The molecular formula is C14H19NO2S. The molecule has 1 fully saturated rings. The minimum Gasteiger partial charge on any atom is -0.465 e. The minimum absolute atomic E-state index is 0.339. The van der Waals surface area contributed by atoms with Gasteiger partial charge in [0, 0.05) is 16.3 Å². The number of ether oxygens (including phenoxy) is 1. The quantitative estimate of drug-likeness (QED) is 0.515. The Kier molecular flexibility index (Phi) is 4.53. The molecule has 0 unspecified atom stereocenters. The lowest BCUT2D eigenvalue weighted by Gasteiger charge is -2.10. The second-order valence-corrected chi connectivity index (χ2v) is 5.77. The van der Waals surface area contributed by atoms with Crippen LogP contribution in [0.5, 0.6) is 0 Å². The first-order valence-corrected chi connectivity index (χ1v) is 7.30. The van der Waals surface area contributed by atoms with Crippen molar-refractivity contribution in [1.29, 1.82) is 0 Å². The van der Waals surface area contributed by atoms with Gasteiger partial charge >= 0.3 is 5.97 Å². The number of anilines is 1. The Bertz CT molecular complexity index is 428. The van der Waals surface area contributed by atoms with Crippen LogP contribution in [0.25, 0.3) is 0 Å². The molecule has 2 N–H and O–H groups in total. The molecule has 18 heavy (non-hydrogen) atoms. The molecule has 0 atom stereocenters. The zero-order valence-corrected chi connectivity index (χ0v) is 11.5. The summed E-state index contributed by atoms with van der Waals surface area (Å²) in [5.74, 6) is 1.62. The van der Waals surface area contributed by atoms with Crippen LogP contribution >= 0.6 is 11.8 Å². The maximum atomic E-state index is 11.4. The second kappa shape index (κ2) is 6.14. The van der Waals surface area contributed by atoms with Crippen LogP contribution in [0, 0.1) is 5.92 Å². The largest absolute Gasteiger partial charge is 0.465 e. The van der Waals surface area contributed by atoms with E-state index in [1.165, 1.54) is 32.8 Å². The summed E-state index contributed by atoms with van der Waals surface area (Å²) in [5.41, 5.74) is 7.15. The van der Waals surface area contributed by atoms with Gasteiger partial charge in [-0.15, -0.1) is 11.8 Å². The van der Waals surface area contributed by atoms with Crippen LogP contribution in [0.2, 0.25) is 0 Å². The SMILES string of the molecule is COC(=O)c1ccc(SCC2CCCC2)c(N)c1. The first-order valence-electron chi connectivity index (χ1n) is 6.31. The molecule has 1 aliphatic carbocycles. The Morgan fingerprint density at radius 3 is 2.78 bits per heavy atom. The molecule has 0 spiro atoms. The standard InChI is InChI=1S/C14H19NO2S/c1-17-14(16)11-6-7-13(12(15)8-11)18-9-10-4-2-3-5-10/h6-8,10H,2-5,9,15H2,1H3. The number of carbonyl (C=O) groups excluding carboxylic acids is 1. The van der Waals surface area contributed by atoms with Crippen LogP contribution in [-0.4, -0.2) is 18.8 Å². The van der Waals surface area contributed by atoms with Gasteiger partial charge in [-0.1, -0.05) is 12.8 Å². The topological polar surface area (TPSA) is 52.3 Å². The van der Waals surface area contributed by atoms with Gasteiger partial charge in [-0.2, -0.15) is 0 Å². The summed E-state index contributed by atoms with van der Waals surface area (Å²) in [6, 6.07) is 5.39. The van der Waals surface area contributed by atoms with Gasteiger partial charge in [0.2, 0.25) is 0 Å². The van der Waals surface area contributed by atoms with E-state index in [0.717, 1.165) is 16.6 Å². The van der Waals surface area contributed by atoms with Gasteiger partial charge in [0.1, 0.15) is 0 Å². The number of nitrogens with two attached hydrogens (primary N) is 1. The Balaban J connectivity index is 1.98. The predicted octanol–water partition coefficient (Wildman–Crippen LogP) is 3.34. The number of hydrogen-bond donors (Lipinski definition) is 1. The van der Waals surface area contributed by atoms with E-state index in [4.69, 9.17) is 5.73 Å². The molecule has 1 aromatic rings. The Morgan fingerprint density at radius 2 is 2.17 bits per heavy atom. The number of hydrogen-bond acceptors (Lipinski definition) is 4. The molecule has 98 valence electrons. The third kappa shape index (κ3) is 3.19. The number of esters is 1. The monoisotopic (exact) mass is 265 g/mol. The third-order valence-electron chi connectivity index (χ3n) is 3.38. The maximum absolute atomic E-state index is 11.4. The molecule has 0 radical (unpaired) electrons. The Labute approximate surface area is 112 Å². The first-order chi connectivity index (χ1) is 8.70. The Hall–Kier alpha value is -1.16. The second-order valence-electron chi connectivity index (χ2n) is 4.71. The highest BCUT2D eigenvalue weighted by atomic mass is 32.2. The zero-order chi connectivity index (χ0) is 13.0. The summed E-state index contributed by atoms with van der Waals surface area (Å²) in [5, 5.41) is 0. The van der Waals surface area contributed by atoms with E-state index in [9.17, 15) is 4.79 Å². The number of methoxy groups -OCH3 is 1. The minimum atomic E-state index is -0.339. The summed E-state index contributed by atoms with van der Waals surface area (Å²) in [6.07, 6.45) is 5.41. The average molecular weight is 265 g/mol. The number of thioether (sulfide) groups is 1. The van der Waals surface area contributed by atoms with Crippen LogP contribution in [0.15, 0.2) is 23.1 Å². The fraction of sp³-hybridized carbons (Fsp3) is 0.500. The van der Waals surface area contributed by atoms with Gasteiger partial charge in [0.15, 0.2) is 0 Å². The van der Waals surface area contributed by atoms with Crippen LogP contribution in [-0.2, 0) is 4.74 Å². The predicted molar refractivity (Wildman–Crippen MR) is 74.9 cm³/mol. The van der Waals surface area contributed by atoms with E-state index >= 15 is 0 Å². The summed E-state index contributed by atoms with van der Waals surface area (Å²) in [6.45, 7) is 0. The molecule has 0 bridgehead atoms. The van der Waals surface area contributed by atoms with Crippen LogP contribution < -0.4 is 5.73 Å². The highest BCUT2D eigenvalue weighted by Gasteiger charge is 2.16. The molecule has 1 saturated carbocycles. The van der Waals surface area contributed by atoms with Gasteiger partial charge in [0.05, 0.1) is 12.7 Å². The first kappa shape index (κ1) is 13.3. The molecule has 2 rings (SSSR count). The van der Waals surface area contributed by atoms with E-state index in [2.05, 4.69) is 4.74 Å². The average Bonchev–Trinajstić information content (AvgIpc) is 2.89. The lowest BCUT2D eigenvalue weighted by atomic mass is 10.1. The zero-order valence-electron chi connectivity index (χ0n) is 10.6. The van der Waals surface area contributed by atoms with Gasteiger partial charge in [-0.05, 0) is 37.0 Å². The van der Waals surface area contributed by atoms with Crippen molar-refractivity contribution >= 4 is 23.4 Å². The highest BCUT2D eigenvalue weighted by molar-refractivity contribution is 7.99. The highest BCUT2D eigenvalue weighted by Crippen LogP contribution is 2.33. The molecule has 0 aliphatic heterocycles.